The van der Waals surface area contributed by atoms with Crippen LogP contribution in [0.25, 0.3) is 0 Å². The molecule has 1 aromatic rings. The summed E-state index contributed by atoms with van der Waals surface area (Å²) in [5, 5.41) is 10.6. The van der Waals surface area contributed by atoms with Crippen LogP contribution in [-0.2, 0) is 0 Å². The Bertz CT molecular complexity index is 368. The third kappa shape index (κ3) is 3.70. The number of unbranched alkanes of at least 4 members (excludes halogenated alkanes) is 1. The topological polar surface area (TPSA) is 52.4 Å². The maximum absolute atomic E-state index is 10.6. The first-order valence-electron chi connectivity index (χ1n) is 5.09. The molecule has 0 heterocycles. The molecule has 1 rings (SSSR count). The van der Waals surface area contributed by atoms with Crippen LogP contribution in [0.4, 0.5) is 5.69 Å². The summed E-state index contributed by atoms with van der Waals surface area (Å²) in [7, 11) is 0. The normalized spacial score (nSPS) is 10.1. The maximum atomic E-state index is 10.6. The number of hydrogen-bond acceptors (Lipinski definition) is 3. The third-order valence-corrected chi connectivity index (χ3v) is 2.43. The van der Waals surface area contributed by atoms with Crippen LogP contribution in [0.15, 0.2) is 18.2 Å². The van der Waals surface area contributed by atoms with Gasteiger partial charge in [-0.05, 0) is 31.9 Å². The summed E-state index contributed by atoms with van der Waals surface area (Å²) in [4.78, 5) is 10.2. The highest BCUT2D eigenvalue weighted by molar-refractivity contribution is 6.17. The van der Waals surface area contributed by atoms with E-state index >= 15 is 0 Å². The Kier molecular flexibility index (Phi) is 5.05. The first kappa shape index (κ1) is 12.8. The average Bonchev–Trinajstić information content (AvgIpc) is 2.24. The summed E-state index contributed by atoms with van der Waals surface area (Å²) in [6, 6.07) is 4.76. The van der Waals surface area contributed by atoms with Crippen LogP contribution in [-0.4, -0.2) is 17.4 Å². The molecule has 88 valence electrons. The molecule has 0 aliphatic rings. The molecular formula is C11H14ClNO3. The highest BCUT2D eigenvalue weighted by atomic mass is 35.5. The lowest BCUT2D eigenvalue weighted by Gasteiger charge is -2.06. The van der Waals surface area contributed by atoms with Crippen molar-refractivity contribution in [1.82, 2.24) is 0 Å². The second kappa shape index (κ2) is 6.33. The average molecular weight is 244 g/mol. The van der Waals surface area contributed by atoms with Crippen molar-refractivity contribution in [3.63, 3.8) is 0 Å². The molecule has 0 saturated heterocycles. The van der Waals surface area contributed by atoms with Crippen molar-refractivity contribution in [2.45, 2.75) is 19.8 Å². The molecule has 0 spiro atoms. The molecule has 16 heavy (non-hydrogen) atoms. The first-order chi connectivity index (χ1) is 7.65. The van der Waals surface area contributed by atoms with Gasteiger partial charge >= 0.3 is 0 Å². The van der Waals surface area contributed by atoms with Gasteiger partial charge in [-0.15, -0.1) is 11.6 Å². The highest BCUT2D eigenvalue weighted by Crippen LogP contribution is 2.23. The molecule has 0 fully saturated rings. The summed E-state index contributed by atoms with van der Waals surface area (Å²) < 4.78 is 5.44. The Morgan fingerprint density at radius 3 is 2.75 bits per heavy atom. The molecule has 5 heteroatoms. The minimum Gasteiger partial charge on any atom is -0.494 e. The number of rotatable bonds is 6. The van der Waals surface area contributed by atoms with Gasteiger partial charge in [0, 0.05) is 17.5 Å². The van der Waals surface area contributed by atoms with Gasteiger partial charge in [0.25, 0.3) is 5.69 Å². The second-order valence-corrected chi connectivity index (χ2v) is 3.83. The van der Waals surface area contributed by atoms with Gasteiger partial charge in [-0.3, -0.25) is 10.1 Å². The molecular weight excluding hydrogens is 230 g/mol. The van der Waals surface area contributed by atoms with Crippen LogP contribution in [0.1, 0.15) is 18.4 Å². The molecule has 0 aliphatic heterocycles. The Morgan fingerprint density at radius 1 is 1.44 bits per heavy atom. The molecule has 0 aromatic heterocycles. The fourth-order valence-electron chi connectivity index (χ4n) is 1.31. The quantitative estimate of drug-likeness (QED) is 0.333. The summed E-state index contributed by atoms with van der Waals surface area (Å²) in [5.41, 5.74) is 0.730. The summed E-state index contributed by atoms with van der Waals surface area (Å²) in [6.45, 7) is 2.29. The van der Waals surface area contributed by atoms with Crippen molar-refractivity contribution in [3.05, 3.63) is 33.9 Å². The number of nitro benzene ring substituents is 1. The van der Waals surface area contributed by atoms with E-state index in [-0.39, 0.29) is 5.69 Å². The van der Waals surface area contributed by atoms with E-state index in [2.05, 4.69) is 0 Å². The number of hydrogen-bond donors (Lipinski definition) is 0. The number of nitro groups is 1. The molecule has 0 N–H and O–H groups in total. The van der Waals surface area contributed by atoms with Gasteiger partial charge < -0.3 is 4.74 Å². The SMILES string of the molecule is Cc1cc(OCCCCCl)ccc1[N+](=O)[O-]. The van der Waals surface area contributed by atoms with Crippen LogP contribution in [0.2, 0.25) is 0 Å². The second-order valence-electron chi connectivity index (χ2n) is 3.45. The van der Waals surface area contributed by atoms with E-state index in [9.17, 15) is 10.1 Å². The van der Waals surface area contributed by atoms with Gasteiger partial charge in [0.1, 0.15) is 5.75 Å². The van der Waals surface area contributed by atoms with Gasteiger partial charge in [0.2, 0.25) is 0 Å². The Labute approximate surface area is 99.3 Å². The van der Waals surface area contributed by atoms with Crippen molar-refractivity contribution in [3.8, 4) is 5.75 Å². The lowest BCUT2D eigenvalue weighted by molar-refractivity contribution is -0.385. The van der Waals surface area contributed by atoms with E-state index in [1.807, 2.05) is 0 Å². The number of alkyl halides is 1. The molecule has 4 nitrogen and oxygen atoms in total. The lowest BCUT2D eigenvalue weighted by Crippen LogP contribution is -1.99. The zero-order valence-corrected chi connectivity index (χ0v) is 9.87. The highest BCUT2D eigenvalue weighted by Gasteiger charge is 2.10. The van der Waals surface area contributed by atoms with Crippen LogP contribution in [0.5, 0.6) is 5.75 Å². The van der Waals surface area contributed by atoms with Crippen molar-refractivity contribution in [2.75, 3.05) is 12.5 Å². The fraction of sp³-hybridized carbons (Fsp3) is 0.455. The molecule has 1 aromatic carbocycles. The summed E-state index contributed by atoms with van der Waals surface area (Å²) in [5.74, 6) is 1.29. The number of aryl methyl sites for hydroxylation is 1. The summed E-state index contributed by atoms with van der Waals surface area (Å²) >= 11 is 5.53. The molecule has 0 saturated carbocycles. The van der Waals surface area contributed by atoms with Crippen LogP contribution < -0.4 is 4.74 Å². The largest absolute Gasteiger partial charge is 0.494 e. The zero-order chi connectivity index (χ0) is 12.0. The minimum absolute atomic E-state index is 0.119. The number of benzene rings is 1. The van der Waals surface area contributed by atoms with Crippen LogP contribution in [0.3, 0.4) is 0 Å². The Morgan fingerprint density at radius 2 is 2.19 bits per heavy atom. The lowest BCUT2D eigenvalue weighted by atomic mass is 10.2. The van der Waals surface area contributed by atoms with Crippen LogP contribution >= 0.6 is 11.6 Å². The van der Waals surface area contributed by atoms with E-state index in [0.29, 0.717) is 23.8 Å². The van der Waals surface area contributed by atoms with Gasteiger partial charge in [-0.25, -0.2) is 0 Å². The molecule has 0 bridgehead atoms. The van der Waals surface area contributed by atoms with Gasteiger partial charge in [0.05, 0.1) is 11.5 Å². The predicted octanol–water partition coefficient (Wildman–Crippen LogP) is 3.30. The van der Waals surface area contributed by atoms with E-state index in [4.69, 9.17) is 16.3 Å². The number of nitrogens with zero attached hydrogens (tertiary/aromatic N) is 1. The Hall–Kier alpha value is -1.29. The third-order valence-electron chi connectivity index (χ3n) is 2.16. The molecule has 0 amide bonds. The molecule has 0 atom stereocenters. The van der Waals surface area contributed by atoms with Gasteiger partial charge in [-0.1, -0.05) is 0 Å². The molecule has 0 aliphatic carbocycles. The van der Waals surface area contributed by atoms with Crippen molar-refractivity contribution in [2.24, 2.45) is 0 Å². The standard InChI is InChI=1S/C11H14ClNO3/c1-9-8-10(16-7-3-2-6-12)4-5-11(9)13(14)15/h4-5,8H,2-3,6-7H2,1H3. The van der Waals surface area contributed by atoms with E-state index < -0.39 is 4.92 Å². The monoisotopic (exact) mass is 243 g/mol. The number of ether oxygens (including phenoxy) is 1. The smallest absolute Gasteiger partial charge is 0.272 e. The fourth-order valence-corrected chi connectivity index (χ4v) is 1.50. The van der Waals surface area contributed by atoms with E-state index in [0.717, 1.165) is 12.8 Å². The van der Waals surface area contributed by atoms with E-state index in [1.54, 1.807) is 19.1 Å². The van der Waals surface area contributed by atoms with Crippen molar-refractivity contribution >= 4 is 17.3 Å². The molecule has 0 unspecified atom stereocenters. The zero-order valence-electron chi connectivity index (χ0n) is 9.11. The molecule has 0 radical (unpaired) electrons. The van der Waals surface area contributed by atoms with Gasteiger partial charge in [0.15, 0.2) is 0 Å². The van der Waals surface area contributed by atoms with Gasteiger partial charge in [-0.2, -0.15) is 0 Å². The first-order valence-corrected chi connectivity index (χ1v) is 5.62. The van der Waals surface area contributed by atoms with Crippen LogP contribution in [0, 0.1) is 17.0 Å². The van der Waals surface area contributed by atoms with Crippen molar-refractivity contribution in [1.29, 1.82) is 0 Å². The minimum atomic E-state index is -0.396. The Balaban J connectivity index is 2.56. The predicted molar refractivity (Wildman–Crippen MR) is 63.3 cm³/mol. The maximum Gasteiger partial charge on any atom is 0.272 e. The summed E-state index contributed by atoms with van der Waals surface area (Å²) in [6.07, 6.45) is 1.80. The van der Waals surface area contributed by atoms with Crippen molar-refractivity contribution < 1.29 is 9.66 Å². The number of halogens is 1. The van der Waals surface area contributed by atoms with E-state index in [1.165, 1.54) is 6.07 Å².